The van der Waals surface area contributed by atoms with Crippen molar-refractivity contribution in [2.75, 3.05) is 182 Å². The quantitative estimate of drug-likeness (QED) is 0.0174. The van der Waals surface area contributed by atoms with Crippen LogP contribution < -0.4 is 61.3 Å². The van der Waals surface area contributed by atoms with E-state index in [0.29, 0.717) is 78.5 Å². The van der Waals surface area contributed by atoms with E-state index in [2.05, 4.69) is 0 Å². The number of rotatable bonds is 24. The number of aliphatic carboxylic acids is 4. The zero-order valence-electron chi connectivity index (χ0n) is 60.4. The monoisotopic (exact) mass is 2060 g/mol. The maximum atomic E-state index is 10.1. The van der Waals surface area contributed by atoms with E-state index >= 15 is 0 Å². The van der Waals surface area contributed by atoms with E-state index in [1.165, 1.54) is 29.5 Å². The molecule has 0 aliphatic carbocycles. The molecule has 54 heteroatoms. The van der Waals surface area contributed by atoms with Gasteiger partial charge in [0.05, 0.1) is 37.1 Å². The van der Waals surface area contributed by atoms with Crippen LogP contribution in [0, 0.1) is 96.3 Å². The molecule has 0 unspecified atom stereocenters. The Kier molecular flexibility index (Phi) is 261. The number of hydrogen-bond acceptors (Lipinski definition) is 26. The molecule has 0 aromatic heterocycles. The van der Waals surface area contributed by atoms with E-state index in [1.807, 2.05) is 0 Å². The predicted molar refractivity (Wildman–Crippen MR) is 350 cm³/mol. The van der Waals surface area contributed by atoms with Crippen molar-refractivity contribution < 1.29 is 254 Å². The van der Waals surface area contributed by atoms with E-state index in [0.717, 1.165) is 0 Å². The van der Waals surface area contributed by atoms with Crippen LogP contribution in [0.2, 0.25) is 0 Å². The Morgan fingerprint density at radius 1 is 0.288 bits per heavy atom. The maximum Gasteiger partial charge on any atom is 3.00 e. The summed E-state index contributed by atoms with van der Waals surface area (Å²) in [4.78, 5) is 55.3. The first kappa shape index (κ1) is 172. The minimum absolute atomic E-state index is 0. The number of aliphatic hydroxyl groups is 6. The Hall–Kier alpha value is -1.25. The molecule has 0 spiro atoms. The van der Waals surface area contributed by atoms with Crippen LogP contribution in [0.1, 0.15) is 96.9 Å². The molecule has 0 aromatic carbocycles. The van der Waals surface area contributed by atoms with Crippen LogP contribution in [0.15, 0.2) is 0 Å². The predicted octanol–water partition coefficient (Wildman–Crippen LogP) is -4.84. The number of aliphatic hydroxyl groups excluding tert-OH is 6. The zero-order valence-corrected chi connectivity index (χ0v) is 71.5. The Labute approximate surface area is 732 Å². The first-order chi connectivity index (χ1) is 45.3. The van der Waals surface area contributed by atoms with Gasteiger partial charge in [-0.25, -0.2) is 0 Å². The van der Waals surface area contributed by atoms with Crippen molar-refractivity contribution in [3.05, 3.63) is 95.8 Å². The van der Waals surface area contributed by atoms with Crippen LogP contribution in [0.5, 0.6) is 0 Å². The Morgan fingerprint density at radius 2 is 0.346 bits per heavy atom. The molecule has 0 atom stereocenters. The summed E-state index contributed by atoms with van der Waals surface area (Å²) in [7, 11) is 0. The molecule has 0 fully saturated rings. The average Bonchev–Trinajstić information content (AvgIpc) is 3.46. The summed E-state index contributed by atoms with van der Waals surface area (Å²) in [5.74, 6) is -4.03. The number of carbonyl (C=O) groups is 4. The van der Waals surface area contributed by atoms with Gasteiger partial charge in [-0.2, -0.15) is 0 Å². The summed E-state index contributed by atoms with van der Waals surface area (Å²) >= 11 is 19.1. The van der Waals surface area contributed by atoms with Crippen LogP contribution in [0.25, 0.3) is 95.8 Å². The normalized spacial score (nSPS) is 8.35. The van der Waals surface area contributed by atoms with Gasteiger partial charge >= 0.3 is 143 Å². The van der Waals surface area contributed by atoms with Gasteiger partial charge in [0.1, 0.15) is 0 Å². The number of carboxylic acids is 4. The second-order valence-electron chi connectivity index (χ2n) is 19.4. The second kappa shape index (κ2) is 158. The topological polar surface area (TPSA) is 832 Å². The summed E-state index contributed by atoms with van der Waals surface area (Å²) in [6.07, 6.45) is 0. The van der Waals surface area contributed by atoms with Crippen LogP contribution in [0.4, 0.5) is 0 Å². The van der Waals surface area contributed by atoms with Gasteiger partial charge in [0.2, 0.25) is 0 Å². The van der Waals surface area contributed by atoms with Crippen molar-refractivity contribution in [1.29, 1.82) is 0 Å². The maximum absolute atomic E-state index is 10.1. The van der Waals surface area contributed by atoms with Crippen molar-refractivity contribution in [3.8, 4) is 0 Å². The Bertz CT molecular complexity index is 1480. The second-order valence-corrected chi connectivity index (χ2v) is 21.0. The minimum Gasteiger partial charge on any atom is -0.854 e. The molecule has 0 aliphatic rings. The third kappa shape index (κ3) is 290. The number of hydrogen-bond donors (Lipinski definition) is 6. The molecule has 44 nitrogen and oxygen atoms in total. The molecule has 0 aliphatic heterocycles. The fourth-order valence-electron chi connectivity index (χ4n) is 2.94. The van der Waals surface area contributed by atoms with E-state index in [-0.39, 0.29) is 246 Å². The molecular weight excluding hydrogens is 1960 g/mol. The standard InChI is InChI=1S/4C6H13NO3.4C5H10O2.2C2H6O.2CH2Cl2.2Er.4Fe.6N3/c4*8-4-1-7(2-5-9)3-6-10;4*1-5(2,3)4(6)7;2*1-2-3;2*2-1-3;;;;;;;6*1-3-2/h4*8H,1-6H2;4*1-3H3,(H,6,7);2*3H,2H2,1H3;2*1H2;;;;;;;;;;;;/q4*-2;;;;;;;;;6*+3;6*-1/p-4. The third-order valence-corrected chi connectivity index (χ3v) is 7.37. The Morgan fingerprint density at radius 3 is 0.375 bits per heavy atom. The fraction of sp³-hybridized carbons (Fsp3) is 0.920. The summed E-state index contributed by atoms with van der Waals surface area (Å²) in [5.41, 5.74) is 78.2. The summed E-state index contributed by atoms with van der Waals surface area (Å²) in [6, 6.07) is 0. The molecule has 0 heterocycles. The molecule has 6 radical (unpaired) electrons. The van der Waals surface area contributed by atoms with E-state index < -0.39 is 45.5 Å². The number of halogens is 4. The molecular formula is C50H104Cl4Er2Fe4N22O22. The van der Waals surface area contributed by atoms with Gasteiger partial charge in [0.15, 0.2) is 0 Å². The van der Waals surface area contributed by atoms with Gasteiger partial charge < -0.3 is 197 Å². The van der Waals surface area contributed by atoms with Crippen LogP contribution >= 0.6 is 46.4 Å². The van der Waals surface area contributed by atoms with Gasteiger partial charge in [0.25, 0.3) is 0 Å². The van der Waals surface area contributed by atoms with Crippen molar-refractivity contribution in [3.63, 3.8) is 0 Å². The molecule has 0 saturated heterocycles. The van der Waals surface area contributed by atoms with E-state index in [9.17, 15) is 80.5 Å². The van der Waals surface area contributed by atoms with Gasteiger partial charge in [-0.15, -0.1) is 99.3 Å². The van der Waals surface area contributed by atoms with Crippen LogP contribution in [-0.4, -0.2) is 256 Å². The van der Waals surface area contributed by atoms with Gasteiger partial charge in [-0.1, -0.05) is 83.1 Å². The zero-order chi connectivity index (χ0) is 82.7. The molecule has 0 rings (SSSR count). The number of alkyl halides is 4. The molecule has 0 amide bonds. The van der Waals surface area contributed by atoms with E-state index in [4.69, 9.17) is 143 Å². The molecule has 630 valence electrons. The summed E-state index contributed by atoms with van der Waals surface area (Å²) in [5, 5.41) is 169. The van der Waals surface area contributed by atoms with Crippen molar-refractivity contribution in [2.24, 2.45) is 21.7 Å². The minimum atomic E-state index is -1.01. The smallest absolute Gasteiger partial charge is 0.854 e. The number of nitrogens with zero attached hydrogens (tertiary/aromatic N) is 22. The molecule has 0 aromatic rings. The number of carboxylic acid groups (broad SMARTS) is 4. The van der Waals surface area contributed by atoms with E-state index in [1.54, 1.807) is 117 Å². The first-order valence-corrected chi connectivity index (χ1v) is 29.7. The fourth-order valence-corrected chi connectivity index (χ4v) is 2.94. The summed E-state index contributed by atoms with van der Waals surface area (Å²) < 4.78 is 0. The van der Waals surface area contributed by atoms with Gasteiger partial charge in [0, 0.05) is 84.9 Å². The first-order valence-electron chi connectivity index (χ1n) is 27.5. The summed E-state index contributed by atoms with van der Waals surface area (Å²) in [6.45, 7) is 26.1. The SMILES string of the molecule is CC(C)(C)C(=O)[O-].CC(C)(C)C(=O)[O-].CC(C)(C)C(=O)[O-].CC(C)(C)C(=O)[O-].CCO.CCO.ClCCl.ClCCl.[Er+3].[Er+3].[Fe+3].[Fe+3].[Fe+3].[Fe+3].[N-]=[N+]=[N-].[N-]=[N+]=[N-].[N-]=[N+]=[N-].[N-]=[N+]=[N-].[N-]=[N+]=[N-].[N-]=[N+]=[N-].[O-]CCN(CC[O-])CCO.[O-]CCN(CC[O-])CCO.[O-]CCN(CC[O-])CCO.[O-]CCN(CC[O-])CCO. The average molecular weight is 2070 g/mol. The molecule has 104 heavy (non-hydrogen) atoms. The molecule has 0 bridgehead atoms. The Balaban J connectivity index is -0.0000000301. The number of carbonyl (C=O) groups excluding carboxylic acids is 4. The van der Waals surface area contributed by atoms with Crippen molar-refractivity contribution in [1.82, 2.24) is 19.6 Å². The van der Waals surface area contributed by atoms with Gasteiger partial charge in [-0.05, 0) is 66.2 Å². The largest absolute Gasteiger partial charge is 3.00 e. The van der Waals surface area contributed by atoms with Crippen molar-refractivity contribution in [2.45, 2.75) is 96.9 Å². The van der Waals surface area contributed by atoms with Crippen LogP contribution in [-0.2, 0) is 87.5 Å². The van der Waals surface area contributed by atoms with Crippen LogP contribution in [0.3, 0.4) is 0 Å². The third-order valence-electron chi connectivity index (χ3n) is 7.37. The molecule has 6 N–H and O–H groups in total. The van der Waals surface area contributed by atoms with Crippen molar-refractivity contribution >= 4 is 70.3 Å². The molecule has 0 saturated carbocycles. The van der Waals surface area contributed by atoms with Gasteiger partial charge in [-0.3, -0.25) is 29.5 Å².